The van der Waals surface area contributed by atoms with E-state index in [1.165, 1.54) is 0 Å². The van der Waals surface area contributed by atoms with Gasteiger partial charge in [-0.3, -0.25) is 14.4 Å². The number of amides is 2. The van der Waals surface area contributed by atoms with Crippen LogP contribution in [0.25, 0.3) is 0 Å². The monoisotopic (exact) mass is 716 g/mol. The van der Waals surface area contributed by atoms with Crippen LogP contribution in [0.2, 0.25) is 0 Å². The molecular weight excluding hydrogens is 653 g/mol. The largest absolute Gasteiger partial charge is 0.511 e. The van der Waals surface area contributed by atoms with Gasteiger partial charge in [0.15, 0.2) is 5.78 Å². The number of likely N-dealkylation sites (N-methyl/N-ethyl adjacent to an activating group) is 1. The molecule has 2 amide bonds. The molecule has 10 nitrogen and oxygen atoms in total. The van der Waals surface area contributed by atoms with Crippen molar-refractivity contribution in [3.05, 3.63) is 48.2 Å². The van der Waals surface area contributed by atoms with Crippen LogP contribution in [-0.2, 0) is 30.3 Å². The molecule has 1 heterocycles. The number of benzene rings is 1. The first-order chi connectivity index (χ1) is 23.4. The first-order valence-corrected chi connectivity index (χ1v) is 18.5. The minimum absolute atomic E-state index is 0.00510. The molecule has 1 aromatic carbocycles. The summed E-state index contributed by atoms with van der Waals surface area (Å²) in [4.78, 5) is 45.2. The molecule has 0 spiro atoms. The van der Waals surface area contributed by atoms with Crippen LogP contribution in [0, 0.1) is 23.7 Å². The Morgan fingerprint density at radius 2 is 1.74 bits per heavy atom. The Kier molecular flexibility index (Phi) is 17.0. The third kappa shape index (κ3) is 11.6. The molecule has 4 N–H and O–H groups in total. The molecule has 50 heavy (non-hydrogen) atoms. The minimum Gasteiger partial charge on any atom is -0.511 e. The van der Waals surface area contributed by atoms with Crippen LogP contribution in [-0.4, -0.2) is 101 Å². The third-order valence-corrected chi connectivity index (χ3v) is 11.0. The van der Waals surface area contributed by atoms with Gasteiger partial charge in [-0.25, -0.2) is 0 Å². The van der Waals surface area contributed by atoms with Gasteiger partial charge in [-0.2, -0.15) is 0 Å². The van der Waals surface area contributed by atoms with E-state index in [0.717, 1.165) is 24.8 Å². The Morgan fingerprint density at radius 1 is 1.12 bits per heavy atom. The maximum Gasteiger partial charge on any atom is 0.226 e. The quantitative estimate of drug-likeness (QED) is 0.119. The molecule has 0 radical (unpaired) electrons. The van der Waals surface area contributed by atoms with Gasteiger partial charge < -0.3 is 35.4 Å². The Morgan fingerprint density at radius 3 is 2.24 bits per heavy atom. The van der Waals surface area contributed by atoms with Gasteiger partial charge in [-0.1, -0.05) is 90.2 Å². The van der Waals surface area contributed by atoms with E-state index in [4.69, 9.17) is 27.4 Å². The Hall–Kier alpha value is -2.86. The predicted molar refractivity (Wildman–Crippen MR) is 204 cm³/mol. The van der Waals surface area contributed by atoms with E-state index in [1.54, 1.807) is 40.0 Å². The molecular formula is C39H64N4O6S. The zero-order chi connectivity index (χ0) is 37.9. The molecule has 1 fully saturated rings. The molecule has 8 atom stereocenters. The molecule has 0 saturated carbocycles. The number of hydrogen-bond acceptors (Lipinski definition) is 8. The van der Waals surface area contributed by atoms with Crippen LogP contribution in [0.15, 0.2) is 42.7 Å². The number of thiocarbonyl (C=S) groups is 1. The second kappa shape index (κ2) is 19.7. The van der Waals surface area contributed by atoms with Crippen LogP contribution >= 0.6 is 12.2 Å². The summed E-state index contributed by atoms with van der Waals surface area (Å²) in [6.07, 6.45) is 2.02. The fraction of sp³-hybridized carbons (Fsp3) is 0.692. The first-order valence-electron chi connectivity index (χ1n) is 18.0. The summed E-state index contributed by atoms with van der Waals surface area (Å²) in [6.45, 7) is 17.6. The number of nitrogens with zero attached hydrogens (tertiary/aromatic N) is 2. The van der Waals surface area contributed by atoms with Crippen molar-refractivity contribution in [2.75, 3.05) is 27.8 Å². The Balaban J connectivity index is 2.26. The van der Waals surface area contributed by atoms with Gasteiger partial charge in [-0.15, -0.1) is 0 Å². The summed E-state index contributed by atoms with van der Waals surface area (Å²) in [6, 6.07) is 8.73. The number of methoxy groups -OCH3 is 2. The smallest absolute Gasteiger partial charge is 0.226 e. The van der Waals surface area contributed by atoms with Crippen molar-refractivity contribution >= 4 is 34.8 Å². The summed E-state index contributed by atoms with van der Waals surface area (Å²) in [5.74, 6) is -1.28. The SMILES string of the molecule is C=C(O)[C@H](Cc1ccccc1)NC(=S)[C@H](C)[C@@H](OC)[C@@H]1CCCN1C(=O)C[C@@H](OC)C([C@@H](C)CC)N(C)C(=O)[C@@H](CC(=O)C(C)(C)N)C(C)C. The lowest BCUT2D eigenvalue weighted by atomic mass is 9.83. The van der Waals surface area contributed by atoms with Gasteiger partial charge in [0, 0.05) is 46.1 Å². The average molecular weight is 717 g/mol. The van der Waals surface area contributed by atoms with Crippen LogP contribution < -0.4 is 11.1 Å². The Bertz CT molecular complexity index is 1280. The lowest BCUT2D eigenvalue weighted by molar-refractivity contribution is -0.148. The summed E-state index contributed by atoms with van der Waals surface area (Å²) in [5, 5.41) is 13.7. The lowest BCUT2D eigenvalue weighted by Crippen LogP contribution is -2.54. The zero-order valence-electron chi connectivity index (χ0n) is 32.1. The maximum atomic E-state index is 14.1. The number of carbonyl (C=O) groups excluding carboxylic acids is 3. The van der Waals surface area contributed by atoms with Crippen molar-refractivity contribution in [1.29, 1.82) is 0 Å². The molecule has 1 aromatic rings. The molecule has 1 saturated heterocycles. The number of aliphatic hydroxyl groups is 1. The van der Waals surface area contributed by atoms with E-state index in [2.05, 4.69) is 25.7 Å². The molecule has 2 rings (SSSR count). The van der Waals surface area contributed by atoms with E-state index in [-0.39, 0.29) is 60.0 Å². The number of ketones is 1. The summed E-state index contributed by atoms with van der Waals surface area (Å²) in [5.41, 5.74) is 6.09. The average Bonchev–Trinajstić information content (AvgIpc) is 3.55. The van der Waals surface area contributed by atoms with Gasteiger partial charge in [0.1, 0.15) is 5.76 Å². The molecule has 11 heteroatoms. The fourth-order valence-corrected chi connectivity index (χ4v) is 7.32. The third-order valence-electron chi connectivity index (χ3n) is 10.5. The number of nitrogens with two attached hydrogens (primary N) is 1. The number of nitrogens with one attached hydrogen (secondary N) is 1. The van der Waals surface area contributed by atoms with Crippen molar-refractivity contribution < 1.29 is 29.0 Å². The highest BCUT2D eigenvalue weighted by Crippen LogP contribution is 2.31. The second-order valence-corrected chi connectivity index (χ2v) is 15.5. The number of rotatable bonds is 20. The molecule has 1 aliphatic heterocycles. The molecule has 0 bridgehead atoms. The minimum atomic E-state index is -1.04. The van der Waals surface area contributed by atoms with Crippen LogP contribution in [0.4, 0.5) is 0 Å². The summed E-state index contributed by atoms with van der Waals surface area (Å²) >= 11 is 5.84. The highest BCUT2D eigenvalue weighted by Gasteiger charge is 2.42. The predicted octanol–water partition coefficient (Wildman–Crippen LogP) is 5.48. The van der Waals surface area contributed by atoms with E-state index >= 15 is 0 Å². The van der Waals surface area contributed by atoms with Crippen molar-refractivity contribution in [3.63, 3.8) is 0 Å². The van der Waals surface area contributed by atoms with Gasteiger partial charge >= 0.3 is 0 Å². The molecule has 1 unspecified atom stereocenters. The number of aliphatic hydroxyl groups excluding tert-OH is 1. The van der Waals surface area contributed by atoms with E-state index in [9.17, 15) is 19.5 Å². The first kappa shape index (κ1) is 43.3. The second-order valence-electron chi connectivity index (χ2n) is 15.0. The molecule has 0 aromatic heterocycles. The number of hydrogen-bond donors (Lipinski definition) is 3. The van der Waals surface area contributed by atoms with Crippen molar-refractivity contribution in [3.8, 4) is 0 Å². The van der Waals surface area contributed by atoms with Gasteiger partial charge in [0.25, 0.3) is 0 Å². The van der Waals surface area contributed by atoms with E-state index in [0.29, 0.717) is 18.0 Å². The standard InChI is InChI=1S/C39H64N4O6S/c1-12-25(4)35(42(9)38(47)29(24(2)3)22-33(45)39(7,8)40)32(48-10)23-34(46)43-20-16-19-31(43)36(49-11)26(5)37(50)41-30(27(6)44)21-28-17-14-13-15-18-28/h13-15,17-18,24-26,29-32,35-36,44H,6,12,16,19-23,40H2,1-5,7-11H3,(H,41,50)/t25-,26+,29-,30-,31-,32+,35?,36+/m0/s1. The number of Topliss-reactive ketones (excluding diaryl/α,β-unsaturated/α-hetero) is 1. The van der Waals surface area contributed by atoms with Crippen LogP contribution in [0.3, 0.4) is 0 Å². The Labute approximate surface area is 306 Å². The van der Waals surface area contributed by atoms with Crippen LogP contribution in [0.5, 0.6) is 0 Å². The van der Waals surface area contributed by atoms with Gasteiger partial charge in [0.2, 0.25) is 11.8 Å². The number of carbonyl (C=O) groups is 3. The highest BCUT2D eigenvalue weighted by atomic mass is 32.1. The van der Waals surface area contributed by atoms with Crippen molar-refractivity contribution in [1.82, 2.24) is 15.1 Å². The highest BCUT2D eigenvalue weighted by molar-refractivity contribution is 7.80. The lowest BCUT2D eigenvalue weighted by Gasteiger charge is -2.41. The summed E-state index contributed by atoms with van der Waals surface area (Å²) in [7, 11) is 4.97. The fourth-order valence-electron chi connectivity index (χ4n) is 7.04. The van der Waals surface area contributed by atoms with Gasteiger partial charge in [0.05, 0.1) is 47.3 Å². The number of likely N-dealkylation sites (tertiary alicyclic amines) is 1. The van der Waals surface area contributed by atoms with Crippen LogP contribution in [0.1, 0.15) is 86.1 Å². The van der Waals surface area contributed by atoms with Crippen molar-refractivity contribution in [2.24, 2.45) is 29.4 Å². The van der Waals surface area contributed by atoms with E-state index in [1.807, 2.05) is 56.0 Å². The zero-order valence-corrected chi connectivity index (χ0v) is 32.9. The van der Waals surface area contributed by atoms with E-state index < -0.39 is 35.7 Å². The molecule has 1 aliphatic rings. The normalized spacial score (nSPS) is 19.2. The summed E-state index contributed by atoms with van der Waals surface area (Å²) < 4.78 is 12.1. The molecule has 0 aliphatic carbocycles. The van der Waals surface area contributed by atoms with Crippen molar-refractivity contribution in [2.45, 2.75) is 123 Å². The molecule has 282 valence electrons. The maximum absolute atomic E-state index is 14.1. The van der Waals surface area contributed by atoms with Gasteiger partial charge in [-0.05, 0) is 50.5 Å². The topological polar surface area (TPSA) is 134 Å². The number of ether oxygens (including phenoxy) is 2.